The molecule has 0 amide bonds. The minimum absolute atomic E-state index is 0.201. The third kappa shape index (κ3) is 3.80. The Kier molecular flexibility index (Phi) is 4.64. The Bertz CT molecular complexity index is 388. The van der Waals surface area contributed by atoms with Crippen molar-refractivity contribution >= 4 is 0 Å². The second-order valence-corrected chi connectivity index (χ2v) is 6.82. The quantitative estimate of drug-likeness (QED) is 0.822. The van der Waals surface area contributed by atoms with Gasteiger partial charge in [-0.2, -0.15) is 0 Å². The summed E-state index contributed by atoms with van der Waals surface area (Å²) in [7, 11) is 0. The van der Waals surface area contributed by atoms with E-state index in [1.165, 1.54) is 24.2 Å². The van der Waals surface area contributed by atoms with Crippen molar-refractivity contribution in [3.05, 3.63) is 35.4 Å². The lowest BCUT2D eigenvalue weighted by Crippen LogP contribution is -2.48. The van der Waals surface area contributed by atoms with E-state index in [0.29, 0.717) is 5.92 Å². The second-order valence-electron chi connectivity index (χ2n) is 6.82. The molecule has 2 heteroatoms. The predicted octanol–water partition coefficient (Wildman–Crippen LogP) is 2.90. The van der Waals surface area contributed by atoms with E-state index < -0.39 is 0 Å². The van der Waals surface area contributed by atoms with Gasteiger partial charge >= 0.3 is 0 Å². The van der Waals surface area contributed by atoms with Gasteiger partial charge in [0.15, 0.2) is 0 Å². The molecule has 2 rings (SSSR count). The van der Waals surface area contributed by atoms with Crippen LogP contribution in [0.25, 0.3) is 0 Å². The molecule has 1 aromatic carbocycles. The Morgan fingerprint density at radius 1 is 1.21 bits per heavy atom. The summed E-state index contributed by atoms with van der Waals surface area (Å²) in [4.78, 5) is 0. The summed E-state index contributed by atoms with van der Waals surface area (Å²) in [6.07, 6.45) is 0. The van der Waals surface area contributed by atoms with Gasteiger partial charge < -0.3 is 10.6 Å². The highest BCUT2D eigenvalue weighted by molar-refractivity contribution is 5.29. The van der Waals surface area contributed by atoms with Crippen molar-refractivity contribution < 1.29 is 0 Å². The van der Waals surface area contributed by atoms with E-state index in [-0.39, 0.29) is 5.41 Å². The van der Waals surface area contributed by atoms with Crippen molar-refractivity contribution in [1.82, 2.24) is 10.6 Å². The Labute approximate surface area is 118 Å². The summed E-state index contributed by atoms with van der Waals surface area (Å²) in [6, 6.07) is 9.14. The maximum absolute atomic E-state index is 3.62. The highest BCUT2D eigenvalue weighted by Gasteiger charge is 2.22. The fraction of sp³-hybridized carbons (Fsp3) is 0.647. The molecule has 0 radical (unpaired) electrons. The first kappa shape index (κ1) is 14.5. The molecule has 1 heterocycles. The zero-order valence-corrected chi connectivity index (χ0v) is 12.8. The van der Waals surface area contributed by atoms with Crippen LogP contribution in [0.1, 0.15) is 44.7 Å². The number of benzene rings is 1. The Hall–Kier alpha value is -0.860. The first-order valence-corrected chi connectivity index (χ1v) is 7.51. The smallest absolute Gasteiger partial charge is 0.00433 e. The van der Waals surface area contributed by atoms with E-state index in [0.717, 1.165) is 19.0 Å². The van der Waals surface area contributed by atoms with Gasteiger partial charge in [0.2, 0.25) is 0 Å². The minimum atomic E-state index is 0.201. The number of hydrogen-bond acceptors (Lipinski definition) is 2. The Morgan fingerprint density at radius 2 is 1.84 bits per heavy atom. The molecule has 0 aliphatic carbocycles. The van der Waals surface area contributed by atoms with E-state index in [1.54, 1.807) is 0 Å². The van der Waals surface area contributed by atoms with Gasteiger partial charge in [-0.3, -0.25) is 0 Å². The maximum Gasteiger partial charge on any atom is 0.00433 e. The molecule has 0 aromatic heterocycles. The van der Waals surface area contributed by atoms with Crippen molar-refractivity contribution in [2.45, 2.75) is 39.0 Å². The first-order valence-electron chi connectivity index (χ1n) is 7.51. The fourth-order valence-corrected chi connectivity index (χ4v) is 2.50. The molecular formula is C17H28N2. The van der Waals surface area contributed by atoms with E-state index >= 15 is 0 Å². The van der Waals surface area contributed by atoms with Crippen LogP contribution in [0.4, 0.5) is 0 Å². The van der Waals surface area contributed by atoms with Crippen molar-refractivity contribution in [3.8, 4) is 0 Å². The van der Waals surface area contributed by atoms with Gasteiger partial charge in [-0.1, -0.05) is 52.0 Å². The van der Waals surface area contributed by atoms with Crippen molar-refractivity contribution in [1.29, 1.82) is 0 Å². The van der Waals surface area contributed by atoms with Crippen LogP contribution in [0.3, 0.4) is 0 Å². The average Bonchev–Trinajstić information content (AvgIpc) is 2.32. The van der Waals surface area contributed by atoms with Crippen molar-refractivity contribution in [2.24, 2.45) is 5.92 Å². The third-order valence-electron chi connectivity index (χ3n) is 4.22. The molecule has 1 saturated heterocycles. The summed E-state index contributed by atoms with van der Waals surface area (Å²) in [6.45, 7) is 13.7. The van der Waals surface area contributed by atoms with E-state index in [4.69, 9.17) is 0 Å². The van der Waals surface area contributed by atoms with Crippen LogP contribution in [-0.4, -0.2) is 26.2 Å². The molecule has 1 aliphatic heterocycles. The summed E-state index contributed by atoms with van der Waals surface area (Å²) in [5.41, 5.74) is 3.05. The lowest BCUT2D eigenvalue weighted by atomic mass is 9.83. The third-order valence-corrected chi connectivity index (χ3v) is 4.22. The van der Waals surface area contributed by atoms with E-state index in [9.17, 15) is 0 Å². The fourth-order valence-electron chi connectivity index (χ4n) is 2.50. The molecule has 19 heavy (non-hydrogen) atoms. The normalized spacial score (nSPS) is 16.7. The number of hydrogen-bond donors (Lipinski definition) is 2. The highest BCUT2D eigenvalue weighted by atomic mass is 15.0. The standard InChI is InChI=1S/C17H28N2/c1-13(2)15-5-7-16(8-6-15)17(3,4)12-19-11-14-9-18-10-14/h5-8,13-14,18-19H,9-12H2,1-4H3. The van der Waals surface area contributed by atoms with Crippen LogP contribution in [0.5, 0.6) is 0 Å². The van der Waals surface area contributed by atoms with Crippen LogP contribution >= 0.6 is 0 Å². The lowest BCUT2D eigenvalue weighted by molar-refractivity contribution is 0.319. The lowest BCUT2D eigenvalue weighted by Gasteiger charge is -2.31. The molecule has 1 fully saturated rings. The van der Waals surface area contributed by atoms with Crippen LogP contribution in [-0.2, 0) is 5.41 Å². The molecule has 1 aromatic rings. The largest absolute Gasteiger partial charge is 0.316 e. The molecule has 2 nitrogen and oxygen atoms in total. The zero-order chi connectivity index (χ0) is 13.9. The van der Waals surface area contributed by atoms with Crippen molar-refractivity contribution in [3.63, 3.8) is 0 Å². The van der Waals surface area contributed by atoms with Gasteiger partial charge in [0, 0.05) is 31.6 Å². The molecule has 0 bridgehead atoms. The molecule has 1 aliphatic rings. The summed E-state index contributed by atoms with van der Waals surface area (Å²) < 4.78 is 0. The SMILES string of the molecule is CC(C)c1ccc(C(C)(C)CNCC2CNC2)cc1. The summed E-state index contributed by atoms with van der Waals surface area (Å²) in [5, 5.41) is 6.94. The summed E-state index contributed by atoms with van der Waals surface area (Å²) >= 11 is 0. The topological polar surface area (TPSA) is 24.1 Å². The van der Waals surface area contributed by atoms with Gasteiger partial charge in [-0.25, -0.2) is 0 Å². The first-order chi connectivity index (χ1) is 8.99. The molecule has 0 saturated carbocycles. The maximum atomic E-state index is 3.62. The zero-order valence-electron chi connectivity index (χ0n) is 12.8. The van der Waals surface area contributed by atoms with Crippen LogP contribution in [0.2, 0.25) is 0 Å². The van der Waals surface area contributed by atoms with Gasteiger partial charge in [0.1, 0.15) is 0 Å². The van der Waals surface area contributed by atoms with Crippen LogP contribution < -0.4 is 10.6 Å². The molecule has 0 atom stereocenters. The average molecular weight is 260 g/mol. The molecule has 106 valence electrons. The van der Waals surface area contributed by atoms with Gasteiger partial charge in [-0.05, 0) is 23.0 Å². The molecule has 2 N–H and O–H groups in total. The summed E-state index contributed by atoms with van der Waals surface area (Å²) in [5.74, 6) is 1.44. The Balaban J connectivity index is 1.89. The van der Waals surface area contributed by atoms with Gasteiger partial charge in [-0.15, -0.1) is 0 Å². The molecule has 0 spiro atoms. The van der Waals surface area contributed by atoms with Gasteiger partial charge in [0.25, 0.3) is 0 Å². The minimum Gasteiger partial charge on any atom is -0.316 e. The molecule has 0 unspecified atom stereocenters. The number of nitrogens with one attached hydrogen (secondary N) is 2. The van der Waals surface area contributed by atoms with Crippen LogP contribution in [0.15, 0.2) is 24.3 Å². The van der Waals surface area contributed by atoms with Crippen molar-refractivity contribution in [2.75, 3.05) is 26.2 Å². The molecular weight excluding hydrogens is 232 g/mol. The highest BCUT2D eigenvalue weighted by Crippen LogP contribution is 2.24. The van der Waals surface area contributed by atoms with E-state index in [1.807, 2.05) is 0 Å². The van der Waals surface area contributed by atoms with Gasteiger partial charge in [0.05, 0.1) is 0 Å². The second kappa shape index (κ2) is 6.06. The van der Waals surface area contributed by atoms with E-state index in [2.05, 4.69) is 62.6 Å². The predicted molar refractivity (Wildman–Crippen MR) is 82.8 cm³/mol. The number of rotatable bonds is 6. The van der Waals surface area contributed by atoms with Crippen LogP contribution in [0, 0.1) is 5.92 Å². The monoisotopic (exact) mass is 260 g/mol. The Morgan fingerprint density at radius 3 is 2.32 bits per heavy atom.